The summed E-state index contributed by atoms with van der Waals surface area (Å²) in [5, 5.41) is 3.17. The van der Waals surface area contributed by atoms with Crippen LogP contribution in [-0.2, 0) is 28.2 Å². The van der Waals surface area contributed by atoms with E-state index in [9.17, 15) is 14.2 Å². The van der Waals surface area contributed by atoms with E-state index in [2.05, 4.69) is 21.5 Å². The quantitative estimate of drug-likeness (QED) is 0.0635. The Balaban J connectivity index is 3.94. The lowest BCUT2D eigenvalue weighted by atomic mass is 10.1. The number of carbonyl (C=O) groups excluding carboxylic acids is 2. The molecule has 0 spiro atoms. The molecule has 0 aliphatic rings. The average Bonchev–Trinajstić information content (AvgIpc) is 2.79. The number of phosphoric acid groups is 1. The monoisotopic (exact) mass is 509 g/mol. The topological polar surface area (TPSA) is 131 Å². The maximum atomic E-state index is 12.2. The second-order valence-corrected chi connectivity index (χ2v) is 10.0. The van der Waals surface area contributed by atoms with Crippen LogP contribution in [0.25, 0.3) is 0 Å². The predicted octanol–water partition coefficient (Wildman–Crippen LogP) is 5.03. The first kappa shape index (κ1) is 33.0. The fourth-order valence-electron chi connectivity index (χ4n) is 3.59. The summed E-state index contributed by atoms with van der Waals surface area (Å²) in [6.45, 7) is 3.76. The van der Waals surface area contributed by atoms with Crippen LogP contribution in [0.5, 0.6) is 0 Å². The van der Waals surface area contributed by atoms with Crippen LogP contribution in [-0.4, -0.2) is 54.6 Å². The van der Waals surface area contributed by atoms with Crippen molar-refractivity contribution in [3.8, 4) is 0 Å². The summed E-state index contributed by atoms with van der Waals surface area (Å²) in [6.07, 6.45) is 16.1. The van der Waals surface area contributed by atoms with Crippen molar-refractivity contribution < 1.29 is 37.9 Å². The number of hydrogen-bond acceptors (Lipinski definition) is 7. The van der Waals surface area contributed by atoms with Crippen LogP contribution < -0.4 is 5.32 Å². The Morgan fingerprint density at radius 3 is 2.03 bits per heavy atom. The summed E-state index contributed by atoms with van der Waals surface area (Å²) >= 11 is 0. The van der Waals surface area contributed by atoms with Crippen molar-refractivity contribution >= 4 is 20.3 Å². The molecule has 0 aromatic rings. The fraction of sp³-hybridized carbons (Fsp3) is 0.917. The minimum atomic E-state index is -4.63. The van der Waals surface area contributed by atoms with E-state index in [1.807, 2.05) is 0 Å². The molecular formula is C24H48NO8P. The van der Waals surface area contributed by atoms with Crippen molar-refractivity contribution in [2.45, 2.75) is 116 Å². The van der Waals surface area contributed by atoms with Crippen molar-refractivity contribution in [2.24, 2.45) is 0 Å². The zero-order chi connectivity index (χ0) is 25.3. The van der Waals surface area contributed by atoms with Crippen LogP contribution in [0, 0.1) is 0 Å². The maximum Gasteiger partial charge on any atom is 0.469 e. The highest BCUT2D eigenvalue weighted by atomic mass is 31.2. The lowest BCUT2D eigenvalue weighted by Gasteiger charge is -2.19. The van der Waals surface area contributed by atoms with Crippen LogP contribution in [0.1, 0.15) is 110 Å². The summed E-state index contributed by atoms with van der Waals surface area (Å²) in [7, 11) is -4.63. The molecule has 10 heteroatoms. The molecule has 0 aromatic carbocycles. The minimum Gasteiger partial charge on any atom is -0.468 e. The normalized spacial score (nSPS) is 12.4. The van der Waals surface area contributed by atoms with E-state index in [4.69, 9.17) is 14.5 Å². The molecule has 0 rings (SSSR count). The fourth-order valence-corrected chi connectivity index (χ4v) is 3.95. The molecule has 0 aliphatic heterocycles. The average molecular weight is 510 g/mol. The van der Waals surface area contributed by atoms with E-state index in [0.717, 1.165) is 51.4 Å². The highest BCUT2D eigenvalue weighted by molar-refractivity contribution is 7.46. The van der Waals surface area contributed by atoms with Crippen LogP contribution >= 0.6 is 7.82 Å². The maximum absolute atomic E-state index is 12.2. The largest absolute Gasteiger partial charge is 0.469 e. The smallest absolute Gasteiger partial charge is 0.468 e. The first-order valence-corrected chi connectivity index (χ1v) is 14.6. The molecular weight excluding hydrogens is 461 g/mol. The Labute approximate surface area is 205 Å². The Hall–Kier alpha value is -0.990. The third-order valence-corrected chi connectivity index (χ3v) is 6.00. The number of ether oxygens (including phenoxy) is 2. The second kappa shape index (κ2) is 23.7. The Kier molecular flexibility index (Phi) is 23.0. The molecule has 0 aliphatic carbocycles. The van der Waals surface area contributed by atoms with Gasteiger partial charge in [0.2, 0.25) is 0 Å². The van der Waals surface area contributed by atoms with Crippen LogP contribution in [0.15, 0.2) is 0 Å². The van der Waals surface area contributed by atoms with E-state index >= 15 is 0 Å². The molecule has 3 N–H and O–H groups in total. The SMILES string of the molecule is CCCCCCCCCCCCC(=O)O[C@@H](CNCCCCCCCOC=O)COP(=O)(O)O. The second-order valence-electron chi connectivity index (χ2n) is 8.77. The molecule has 34 heavy (non-hydrogen) atoms. The van der Waals surface area contributed by atoms with Gasteiger partial charge in [-0.05, 0) is 25.8 Å². The molecule has 0 amide bonds. The number of rotatable bonds is 26. The molecule has 0 saturated carbocycles. The van der Waals surface area contributed by atoms with Crippen LogP contribution in [0.3, 0.4) is 0 Å². The van der Waals surface area contributed by atoms with Gasteiger partial charge < -0.3 is 24.6 Å². The van der Waals surface area contributed by atoms with Crippen molar-refractivity contribution in [1.29, 1.82) is 0 Å². The van der Waals surface area contributed by atoms with Gasteiger partial charge in [-0.3, -0.25) is 14.1 Å². The van der Waals surface area contributed by atoms with Gasteiger partial charge in [-0.15, -0.1) is 0 Å². The first-order chi connectivity index (χ1) is 16.4. The van der Waals surface area contributed by atoms with Crippen molar-refractivity contribution in [3.63, 3.8) is 0 Å². The molecule has 0 saturated heterocycles. The molecule has 9 nitrogen and oxygen atoms in total. The number of esters is 1. The third-order valence-electron chi connectivity index (χ3n) is 5.52. The van der Waals surface area contributed by atoms with E-state index in [1.165, 1.54) is 44.9 Å². The number of unbranched alkanes of at least 4 members (excludes halogenated alkanes) is 13. The first-order valence-electron chi connectivity index (χ1n) is 13.0. The van der Waals surface area contributed by atoms with Gasteiger partial charge in [-0.1, -0.05) is 84.0 Å². The standard InChI is InChI=1S/C24H48NO8P/c1-2-3-4-5-6-7-8-9-11-14-17-24(27)33-23(21-32-34(28,29)30)20-25-18-15-12-10-13-16-19-31-22-26/h22-23,25H,2-21H2,1H3,(H2,28,29,30)/t23-/m0/s1. The van der Waals surface area contributed by atoms with Gasteiger partial charge in [-0.25, -0.2) is 4.57 Å². The Bertz CT molecular complexity index is 529. The van der Waals surface area contributed by atoms with Gasteiger partial charge in [0.05, 0.1) is 13.2 Å². The van der Waals surface area contributed by atoms with E-state index in [0.29, 0.717) is 26.0 Å². The van der Waals surface area contributed by atoms with Crippen molar-refractivity contribution in [1.82, 2.24) is 5.32 Å². The third kappa shape index (κ3) is 25.6. The van der Waals surface area contributed by atoms with E-state index in [-0.39, 0.29) is 19.1 Å². The van der Waals surface area contributed by atoms with Crippen molar-refractivity contribution in [3.05, 3.63) is 0 Å². The highest BCUT2D eigenvalue weighted by Crippen LogP contribution is 2.35. The summed E-state index contributed by atoms with van der Waals surface area (Å²) in [6, 6.07) is 0. The molecule has 0 heterocycles. The zero-order valence-electron chi connectivity index (χ0n) is 21.1. The molecule has 0 unspecified atom stereocenters. The summed E-state index contributed by atoms with van der Waals surface area (Å²) < 4.78 is 25.6. The number of nitrogens with one attached hydrogen (secondary N) is 1. The van der Waals surface area contributed by atoms with Gasteiger partial charge in [0.25, 0.3) is 6.47 Å². The van der Waals surface area contributed by atoms with Gasteiger partial charge >= 0.3 is 13.8 Å². The molecule has 202 valence electrons. The van der Waals surface area contributed by atoms with Crippen LogP contribution in [0.2, 0.25) is 0 Å². The van der Waals surface area contributed by atoms with Crippen LogP contribution in [0.4, 0.5) is 0 Å². The molecule has 0 aromatic heterocycles. The predicted molar refractivity (Wildman–Crippen MR) is 132 cm³/mol. The molecule has 0 fully saturated rings. The summed E-state index contributed by atoms with van der Waals surface area (Å²) in [5.74, 6) is -0.363. The zero-order valence-corrected chi connectivity index (χ0v) is 22.0. The van der Waals surface area contributed by atoms with Crippen molar-refractivity contribution in [2.75, 3.05) is 26.3 Å². The lowest BCUT2D eigenvalue weighted by molar-refractivity contribution is -0.150. The van der Waals surface area contributed by atoms with Gasteiger partial charge in [0.1, 0.15) is 6.10 Å². The molecule has 0 radical (unpaired) electrons. The molecule has 0 bridgehead atoms. The van der Waals surface area contributed by atoms with E-state index in [1.54, 1.807) is 0 Å². The number of carbonyl (C=O) groups is 2. The number of phosphoric ester groups is 1. The molecule has 1 atom stereocenters. The highest BCUT2D eigenvalue weighted by Gasteiger charge is 2.21. The van der Waals surface area contributed by atoms with E-state index < -0.39 is 13.9 Å². The van der Waals surface area contributed by atoms with Gasteiger partial charge in [0.15, 0.2) is 0 Å². The Morgan fingerprint density at radius 2 is 1.44 bits per heavy atom. The van der Waals surface area contributed by atoms with Gasteiger partial charge in [-0.2, -0.15) is 0 Å². The minimum absolute atomic E-state index is 0.275. The Morgan fingerprint density at radius 1 is 0.882 bits per heavy atom. The summed E-state index contributed by atoms with van der Waals surface area (Å²) in [5.41, 5.74) is 0. The number of hydrogen-bond donors (Lipinski definition) is 3. The van der Waals surface area contributed by atoms with Gasteiger partial charge in [0, 0.05) is 13.0 Å². The lowest BCUT2D eigenvalue weighted by Crippen LogP contribution is -2.35. The summed E-state index contributed by atoms with van der Waals surface area (Å²) in [4.78, 5) is 40.1.